The zero-order valence-electron chi connectivity index (χ0n) is 12.6. The molecule has 0 saturated carbocycles. The van der Waals surface area contributed by atoms with E-state index < -0.39 is 36.6 Å². The molecule has 0 bridgehead atoms. The van der Waals surface area contributed by atoms with Crippen molar-refractivity contribution >= 4 is 19.1 Å². The lowest BCUT2D eigenvalue weighted by Gasteiger charge is -2.30. The first-order valence-electron chi connectivity index (χ1n) is 6.87. The highest BCUT2D eigenvalue weighted by atomic mass is 19.3. The smallest absolute Gasteiger partial charge is 0.498 e. The van der Waals surface area contributed by atoms with Gasteiger partial charge in [-0.3, -0.25) is 14.5 Å². The van der Waals surface area contributed by atoms with Gasteiger partial charge < -0.3 is 9.31 Å². The summed E-state index contributed by atoms with van der Waals surface area (Å²) in [5.41, 5.74) is -0.00146. The molecule has 1 aliphatic rings. The molecular weight excluding hydrogens is 314 g/mol. The van der Waals surface area contributed by atoms with Crippen LogP contribution in [0.1, 0.15) is 18.3 Å². The van der Waals surface area contributed by atoms with E-state index >= 15 is 0 Å². The van der Waals surface area contributed by atoms with Crippen LogP contribution in [0.4, 0.5) is 13.2 Å². The predicted molar refractivity (Wildman–Crippen MR) is 75.2 cm³/mol. The molecule has 1 atom stereocenters. The number of rotatable bonds is 3. The first-order valence-corrected chi connectivity index (χ1v) is 6.87. The standard InChI is InChI=1S/C14H15BF3NO4/c1-14(17,18)13(9-3-5-10(16)6-4-9)15-22-11(20)7-19(2)8-12(21)23-15/h3-6,13H,7-8H2,1-2H3. The van der Waals surface area contributed by atoms with Gasteiger partial charge >= 0.3 is 19.1 Å². The van der Waals surface area contributed by atoms with Gasteiger partial charge in [-0.2, -0.15) is 0 Å². The molecule has 0 spiro atoms. The molecule has 0 amide bonds. The third-order valence-corrected chi connectivity index (χ3v) is 3.34. The Morgan fingerprint density at radius 3 is 2.04 bits per heavy atom. The molecule has 1 unspecified atom stereocenters. The molecule has 0 radical (unpaired) electrons. The summed E-state index contributed by atoms with van der Waals surface area (Å²) in [4.78, 5) is 24.8. The average Bonchev–Trinajstić information content (AvgIpc) is 2.37. The second kappa shape index (κ2) is 6.61. The Hall–Kier alpha value is -2.03. The molecule has 23 heavy (non-hydrogen) atoms. The zero-order valence-corrected chi connectivity index (χ0v) is 12.6. The van der Waals surface area contributed by atoms with Crippen molar-refractivity contribution in [1.29, 1.82) is 0 Å². The second-order valence-electron chi connectivity index (χ2n) is 5.51. The fourth-order valence-electron chi connectivity index (χ4n) is 2.35. The molecule has 1 aromatic rings. The van der Waals surface area contributed by atoms with Crippen molar-refractivity contribution in [3.63, 3.8) is 0 Å². The highest BCUT2D eigenvalue weighted by molar-refractivity contribution is 6.51. The van der Waals surface area contributed by atoms with E-state index in [-0.39, 0.29) is 18.7 Å². The highest BCUT2D eigenvalue weighted by Crippen LogP contribution is 2.36. The van der Waals surface area contributed by atoms with Gasteiger partial charge in [0.1, 0.15) is 11.6 Å². The molecule has 0 aliphatic carbocycles. The van der Waals surface area contributed by atoms with Crippen LogP contribution in [0.5, 0.6) is 0 Å². The van der Waals surface area contributed by atoms with E-state index in [1.165, 1.54) is 11.9 Å². The average molecular weight is 329 g/mol. The summed E-state index contributed by atoms with van der Waals surface area (Å²) in [5, 5.41) is 0. The Bertz CT molecular complexity index is 571. The summed E-state index contributed by atoms with van der Waals surface area (Å²) >= 11 is 0. The Labute approximate surface area is 131 Å². The lowest BCUT2D eigenvalue weighted by Crippen LogP contribution is -2.48. The monoisotopic (exact) mass is 329 g/mol. The molecule has 0 aromatic heterocycles. The Morgan fingerprint density at radius 1 is 1.13 bits per heavy atom. The predicted octanol–water partition coefficient (Wildman–Crippen LogP) is 1.62. The molecule has 1 fully saturated rings. The number of carbonyl (C=O) groups is 2. The minimum absolute atomic E-state index is 0.00146. The number of nitrogens with zero attached hydrogens (tertiary/aromatic N) is 1. The van der Waals surface area contributed by atoms with Crippen LogP contribution >= 0.6 is 0 Å². The van der Waals surface area contributed by atoms with Crippen LogP contribution < -0.4 is 0 Å². The number of likely N-dealkylation sites (N-methyl/N-ethyl adjacent to an activating group) is 1. The Kier molecular flexibility index (Phi) is 4.98. The van der Waals surface area contributed by atoms with Gasteiger partial charge in [-0.1, -0.05) is 12.1 Å². The molecule has 1 heterocycles. The maximum absolute atomic E-state index is 14.0. The van der Waals surface area contributed by atoms with Crippen LogP contribution in [-0.4, -0.2) is 50.0 Å². The topological polar surface area (TPSA) is 55.8 Å². The minimum Gasteiger partial charge on any atom is -0.498 e. The summed E-state index contributed by atoms with van der Waals surface area (Å²) in [5.74, 6) is -7.28. The van der Waals surface area contributed by atoms with Crippen molar-refractivity contribution in [2.24, 2.45) is 0 Å². The molecule has 1 aromatic carbocycles. The maximum atomic E-state index is 14.0. The highest BCUT2D eigenvalue weighted by Gasteiger charge is 2.52. The molecule has 2 rings (SSSR count). The number of alkyl halides is 2. The Morgan fingerprint density at radius 2 is 1.61 bits per heavy atom. The number of hydrogen-bond donors (Lipinski definition) is 0. The van der Waals surface area contributed by atoms with Crippen LogP contribution in [0.2, 0.25) is 0 Å². The largest absolute Gasteiger partial charge is 0.612 e. The molecule has 1 saturated heterocycles. The maximum Gasteiger partial charge on any atom is 0.612 e. The number of benzene rings is 1. The molecule has 5 nitrogen and oxygen atoms in total. The SMILES string of the molecule is CN1CC(=O)OB(C(c2ccc(F)cc2)C(C)(F)F)OC(=O)C1. The van der Waals surface area contributed by atoms with E-state index in [1.54, 1.807) is 0 Å². The van der Waals surface area contributed by atoms with Gasteiger partial charge in [0.2, 0.25) is 0 Å². The van der Waals surface area contributed by atoms with Crippen LogP contribution in [-0.2, 0) is 18.9 Å². The van der Waals surface area contributed by atoms with Crippen LogP contribution in [0, 0.1) is 5.82 Å². The number of hydrogen-bond acceptors (Lipinski definition) is 5. The summed E-state index contributed by atoms with van der Waals surface area (Å²) in [6.07, 6.45) is 0. The van der Waals surface area contributed by atoms with Gasteiger partial charge in [-0.15, -0.1) is 0 Å². The van der Waals surface area contributed by atoms with Crippen LogP contribution in [0.3, 0.4) is 0 Å². The van der Waals surface area contributed by atoms with Gasteiger partial charge in [-0.05, 0) is 31.7 Å². The first kappa shape index (κ1) is 17.3. The second-order valence-corrected chi connectivity index (χ2v) is 5.51. The molecule has 124 valence electrons. The van der Waals surface area contributed by atoms with Crippen molar-refractivity contribution < 1.29 is 32.1 Å². The summed E-state index contributed by atoms with van der Waals surface area (Å²) in [7, 11) is -0.288. The van der Waals surface area contributed by atoms with E-state index in [0.29, 0.717) is 6.92 Å². The van der Waals surface area contributed by atoms with Crippen molar-refractivity contribution in [2.75, 3.05) is 20.1 Å². The quantitative estimate of drug-likeness (QED) is 0.789. The van der Waals surface area contributed by atoms with Crippen LogP contribution in [0.15, 0.2) is 24.3 Å². The third kappa shape index (κ3) is 4.48. The number of carbonyl (C=O) groups excluding carboxylic acids is 2. The Balaban J connectivity index is 2.35. The molecule has 0 N–H and O–H groups in total. The van der Waals surface area contributed by atoms with Gasteiger partial charge in [0.15, 0.2) is 0 Å². The first-order chi connectivity index (χ1) is 10.7. The fraction of sp³-hybridized carbons (Fsp3) is 0.429. The number of halogens is 3. The van der Waals surface area contributed by atoms with Crippen molar-refractivity contribution in [3.05, 3.63) is 35.6 Å². The van der Waals surface area contributed by atoms with Gasteiger partial charge in [0.05, 0.1) is 13.1 Å². The zero-order chi connectivity index (χ0) is 17.2. The van der Waals surface area contributed by atoms with E-state index in [9.17, 15) is 22.8 Å². The van der Waals surface area contributed by atoms with E-state index in [1.807, 2.05) is 0 Å². The summed E-state index contributed by atoms with van der Waals surface area (Å²) in [6.45, 7) is 0.168. The van der Waals surface area contributed by atoms with E-state index in [4.69, 9.17) is 9.31 Å². The van der Waals surface area contributed by atoms with Gasteiger partial charge in [0.25, 0.3) is 5.92 Å². The lowest BCUT2D eigenvalue weighted by molar-refractivity contribution is -0.146. The third-order valence-electron chi connectivity index (χ3n) is 3.34. The van der Waals surface area contributed by atoms with E-state index in [2.05, 4.69) is 0 Å². The molecule has 9 heteroatoms. The van der Waals surface area contributed by atoms with Crippen molar-refractivity contribution in [1.82, 2.24) is 4.90 Å². The summed E-state index contributed by atoms with van der Waals surface area (Å²) in [6, 6.07) is 4.30. The van der Waals surface area contributed by atoms with E-state index in [0.717, 1.165) is 24.3 Å². The lowest BCUT2D eigenvalue weighted by atomic mass is 9.64. The molecule has 1 aliphatic heterocycles. The molecular formula is C14H15BF3NO4. The van der Waals surface area contributed by atoms with Crippen LogP contribution in [0.25, 0.3) is 0 Å². The normalized spacial score (nSPS) is 18.7. The minimum atomic E-state index is -3.37. The van der Waals surface area contributed by atoms with Crippen molar-refractivity contribution in [2.45, 2.75) is 18.7 Å². The fourth-order valence-corrected chi connectivity index (χ4v) is 2.35. The van der Waals surface area contributed by atoms with Gasteiger partial charge in [-0.25, -0.2) is 13.2 Å². The summed E-state index contributed by atoms with van der Waals surface area (Å²) < 4.78 is 50.9. The van der Waals surface area contributed by atoms with Crippen molar-refractivity contribution in [3.8, 4) is 0 Å². The van der Waals surface area contributed by atoms with Gasteiger partial charge in [0, 0.05) is 0 Å².